The highest BCUT2D eigenvalue weighted by molar-refractivity contribution is 6.31. The first kappa shape index (κ1) is 16.8. The van der Waals surface area contributed by atoms with Gasteiger partial charge < -0.3 is 9.47 Å². The number of esters is 1. The number of carbonyl (C=O) groups excluding carboxylic acids is 1. The molecule has 0 aliphatic rings. The van der Waals surface area contributed by atoms with E-state index in [1.54, 1.807) is 25.1 Å². The highest BCUT2D eigenvalue weighted by Crippen LogP contribution is 2.23. The van der Waals surface area contributed by atoms with E-state index in [1.807, 2.05) is 6.92 Å². The second-order valence-corrected chi connectivity index (χ2v) is 5.29. The van der Waals surface area contributed by atoms with Gasteiger partial charge in [-0.1, -0.05) is 11.6 Å². The molecule has 0 saturated heterocycles. The molecule has 0 heterocycles. The summed E-state index contributed by atoms with van der Waals surface area (Å²) in [6.45, 7) is 3.12. The lowest BCUT2D eigenvalue weighted by Crippen LogP contribution is -2.17. The molecule has 23 heavy (non-hydrogen) atoms. The lowest BCUT2D eigenvalue weighted by atomic mass is 10.2. The number of rotatable bonds is 5. The number of nitro benzene ring substituents is 1. The Morgan fingerprint density at radius 3 is 2.39 bits per heavy atom. The molecule has 7 heteroatoms. The molecule has 120 valence electrons. The number of hydrogen-bond donors (Lipinski definition) is 0. The Morgan fingerprint density at radius 1 is 1.13 bits per heavy atom. The summed E-state index contributed by atoms with van der Waals surface area (Å²) in [5.74, 6) is 0.128. The molecule has 0 radical (unpaired) electrons. The number of carbonyl (C=O) groups is 1. The van der Waals surface area contributed by atoms with Crippen molar-refractivity contribution in [2.75, 3.05) is 6.61 Å². The summed E-state index contributed by atoms with van der Waals surface area (Å²) < 4.78 is 10.4. The number of ether oxygens (including phenoxy) is 2. The van der Waals surface area contributed by atoms with Crippen molar-refractivity contribution in [3.05, 3.63) is 62.7 Å². The Hall–Kier alpha value is -2.60. The fourth-order valence-electron chi connectivity index (χ4n) is 1.91. The smallest absolute Gasteiger partial charge is 0.349 e. The Kier molecular flexibility index (Phi) is 5.18. The van der Waals surface area contributed by atoms with Crippen LogP contribution in [0.1, 0.15) is 11.1 Å². The molecular formula is C16H14ClNO5. The molecule has 0 atom stereocenters. The standard InChI is InChI=1S/C16H14ClNO5/c1-10-7-12(3-5-14(10)17)22-9-16(19)23-13-4-6-15(18(20)21)11(2)8-13/h3-8H,9H2,1-2H3. The van der Waals surface area contributed by atoms with Crippen LogP contribution in [-0.2, 0) is 4.79 Å². The fraction of sp³-hybridized carbons (Fsp3) is 0.188. The van der Waals surface area contributed by atoms with E-state index in [0.717, 1.165) is 5.56 Å². The molecule has 0 N–H and O–H groups in total. The monoisotopic (exact) mass is 335 g/mol. The van der Waals surface area contributed by atoms with Crippen molar-refractivity contribution in [2.45, 2.75) is 13.8 Å². The van der Waals surface area contributed by atoms with Crippen LogP contribution in [-0.4, -0.2) is 17.5 Å². The lowest BCUT2D eigenvalue weighted by Gasteiger charge is -2.08. The van der Waals surface area contributed by atoms with E-state index in [-0.39, 0.29) is 18.0 Å². The summed E-state index contributed by atoms with van der Waals surface area (Å²) in [7, 11) is 0. The predicted molar refractivity (Wildman–Crippen MR) is 85.2 cm³/mol. The minimum Gasteiger partial charge on any atom is -0.482 e. The van der Waals surface area contributed by atoms with Crippen LogP contribution < -0.4 is 9.47 Å². The molecular weight excluding hydrogens is 322 g/mol. The molecule has 2 aromatic carbocycles. The van der Waals surface area contributed by atoms with Gasteiger partial charge in [0.1, 0.15) is 11.5 Å². The van der Waals surface area contributed by atoms with E-state index >= 15 is 0 Å². The highest BCUT2D eigenvalue weighted by Gasteiger charge is 2.13. The summed E-state index contributed by atoms with van der Waals surface area (Å²) in [6, 6.07) is 9.14. The average Bonchev–Trinajstić information content (AvgIpc) is 2.48. The normalized spacial score (nSPS) is 10.2. The first-order valence-corrected chi connectivity index (χ1v) is 7.09. The van der Waals surface area contributed by atoms with Gasteiger partial charge in [0.05, 0.1) is 4.92 Å². The van der Waals surface area contributed by atoms with Crippen molar-refractivity contribution in [3.63, 3.8) is 0 Å². The van der Waals surface area contributed by atoms with Crippen molar-refractivity contribution in [3.8, 4) is 11.5 Å². The Morgan fingerprint density at radius 2 is 1.78 bits per heavy atom. The molecule has 2 rings (SSSR count). The first-order chi connectivity index (χ1) is 10.9. The van der Waals surface area contributed by atoms with Gasteiger partial charge in [0.25, 0.3) is 5.69 Å². The van der Waals surface area contributed by atoms with Crippen LogP contribution in [0.2, 0.25) is 5.02 Å². The van der Waals surface area contributed by atoms with Gasteiger partial charge >= 0.3 is 5.97 Å². The van der Waals surface area contributed by atoms with Gasteiger partial charge in [-0.25, -0.2) is 4.79 Å². The Labute approximate surface area is 137 Å². The number of nitrogens with zero attached hydrogens (tertiary/aromatic N) is 1. The first-order valence-electron chi connectivity index (χ1n) is 6.71. The van der Waals surface area contributed by atoms with Gasteiger partial charge in [-0.05, 0) is 49.7 Å². The average molecular weight is 336 g/mol. The van der Waals surface area contributed by atoms with E-state index in [0.29, 0.717) is 16.3 Å². The number of benzene rings is 2. The molecule has 2 aromatic rings. The molecule has 0 aromatic heterocycles. The van der Waals surface area contributed by atoms with Crippen LogP contribution in [0.5, 0.6) is 11.5 Å². The summed E-state index contributed by atoms with van der Waals surface area (Å²) in [5.41, 5.74) is 1.22. The maximum absolute atomic E-state index is 11.8. The number of aryl methyl sites for hydroxylation is 2. The van der Waals surface area contributed by atoms with Crippen LogP contribution in [0, 0.1) is 24.0 Å². The molecule has 0 fully saturated rings. The number of hydrogen-bond acceptors (Lipinski definition) is 5. The highest BCUT2D eigenvalue weighted by atomic mass is 35.5. The second kappa shape index (κ2) is 7.11. The Bertz CT molecular complexity index is 760. The lowest BCUT2D eigenvalue weighted by molar-refractivity contribution is -0.385. The third kappa shape index (κ3) is 4.43. The summed E-state index contributed by atoms with van der Waals surface area (Å²) >= 11 is 5.91. The number of halogens is 1. The quantitative estimate of drug-likeness (QED) is 0.359. The van der Waals surface area contributed by atoms with Gasteiger partial charge in [-0.2, -0.15) is 0 Å². The van der Waals surface area contributed by atoms with Crippen LogP contribution >= 0.6 is 11.6 Å². The van der Waals surface area contributed by atoms with Crippen LogP contribution in [0.15, 0.2) is 36.4 Å². The SMILES string of the molecule is Cc1cc(OCC(=O)Oc2ccc([N+](=O)[O-])c(C)c2)ccc1Cl. The largest absolute Gasteiger partial charge is 0.482 e. The van der Waals surface area contributed by atoms with Crippen molar-refractivity contribution in [1.82, 2.24) is 0 Å². The predicted octanol–water partition coefficient (Wildman–Crippen LogP) is 3.85. The molecule has 6 nitrogen and oxygen atoms in total. The molecule has 0 aliphatic carbocycles. The molecule has 0 saturated carbocycles. The third-order valence-corrected chi connectivity index (χ3v) is 3.51. The van der Waals surface area contributed by atoms with Crippen molar-refractivity contribution in [2.24, 2.45) is 0 Å². The van der Waals surface area contributed by atoms with Crippen molar-refractivity contribution < 1.29 is 19.2 Å². The Balaban J connectivity index is 1.95. The van der Waals surface area contributed by atoms with Gasteiger partial charge in [0, 0.05) is 16.7 Å². The van der Waals surface area contributed by atoms with E-state index in [9.17, 15) is 14.9 Å². The molecule has 0 bridgehead atoms. The third-order valence-electron chi connectivity index (χ3n) is 3.08. The van der Waals surface area contributed by atoms with E-state index in [2.05, 4.69) is 0 Å². The molecule has 0 aliphatic heterocycles. The zero-order valence-electron chi connectivity index (χ0n) is 12.5. The zero-order valence-corrected chi connectivity index (χ0v) is 13.3. The van der Waals surface area contributed by atoms with Crippen LogP contribution in [0.4, 0.5) is 5.69 Å². The molecule has 0 amide bonds. The van der Waals surface area contributed by atoms with Crippen LogP contribution in [0.3, 0.4) is 0 Å². The zero-order chi connectivity index (χ0) is 17.0. The minimum absolute atomic E-state index is 0.0299. The topological polar surface area (TPSA) is 78.7 Å². The van der Waals surface area contributed by atoms with Crippen LogP contribution in [0.25, 0.3) is 0 Å². The maximum Gasteiger partial charge on any atom is 0.349 e. The summed E-state index contributed by atoms with van der Waals surface area (Å²) in [5, 5.41) is 11.3. The van der Waals surface area contributed by atoms with Gasteiger partial charge in [0.2, 0.25) is 0 Å². The van der Waals surface area contributed by atoms with Crippen molar-refractivity contribution in [1.29, 1.82) is 0 Å². The second-order valence-electron chi connectivity index (χ2n) is 4.88. The molecule has 0 spiro atoms. The van der Waals surface area contributed by atoms with E-state index in [1.165, 1.54) is 18.2 Å². The van der Waals surface area contributed by atoms with E-state index < -0.39 is 10.9 Å². The minimum atomic E-state index is -0.606. The summed E-state index contributed by atoms with van der Waals surface area (Å²) in [4.78, 5) is 22.0. The fourth-order valence-corrected chi connectivity index (χ4v) is 2.02. The van der Waals surface area contributed by atoms with Gasteiger partial charge in [-0.3, -0.25) is 10.1 Å². The van der Waals surface area contributed by atoms with E-state index in [4.69, 9.17) is 21.1 Å². The molecule has 0 unspecified atom stereocenters. The summed E-state index contributed by atoms with van der Waals surface area (Å²) in [6.07, 6.45) is 0. The maximum atomic E-state index is 11.8. The number of nitro groups is 1. The van der Waals surface area contributed by atoms with Gasteiger partial charge in [0.15, 0.2) is 6.61 Å². The van der Waals surface area contributed by atoms with Crippen molar-refractivity contribution >= 4 is 23.3 Å². The van der Waals surface area contributed by atoms with Gasteiger partial charge in [-0.15, -0.1) is 0 Å².